The highest BCUT2D eigenvalue weighted by Crippen LogP contribution is 2.34. The van der Waals surface area contributed by atoms with Crippen LogP contribution in [0.4, 0.5) is 0 Å². The van der Waals surface area contributed by atoms with Gasteiger partial charge in [-0.1, -0.05) is 30.0 Å². The van der Waals surface area contributed by atoms with Gasteiger partial charge in [-0.25, -0.2) is 4.79 Å². The van der Waals surface area contributed by atoms with Gasteiger partial charge in [0.2, 0.25) is 0 Å². The number of ether oxygens (including phenoxy) is 1. The molecule has 0 saturated carbocycles. The summed E-state index contributed by atoms with van der Waals surface area (Å²) < 4.78 is 4.90. The Balaban J connectivity index is 2.49. The van der Waals surface area contributed by atoms with Crippen molar-refractivity contribution in [1.82, 2.24) is 4.98 Å². The Hall–Kier alpha value is -2.21. The number of nitrogens with one attached hydrogen (secondary N) is 1. The number of aromatic amines is 1. The molecule has 1 aromatic heterocycles. The summed E-state index contributed by atoms with van der Waals surface area (Å²) in [7, 11) is 0. The lowest BCUT2D eigenvalue weighted by Crippen LogP contribution is -2.16. The first-order chi connectivity index (χ1) is 10.0. The van der Waals surface area contributed by atoms with Gasteiger partial charge in [0, 0.05) is 10.6 Å². The van der Waals surface area contributed by atoms with Gasteiger partial charge >= 0.3 is 5.97 Å². The van der Waals surface area contributed by atoms with E-state index in [4.69, 9.17) is 4.74 Å². The predicted molar refractivity (Wildman–Crippen MR) is 80.0 cm³/mol. The zero-order chi connectivity index (χ0) is 15.4. The Morgan fingerprint density at radius 2 is 2.00 bits per heavy atom. The number of rotatable bonds is 4. The van der Waals surface area contributed by atoms with Crippen molar-refractivity contribution in [2.45, 2.75) is 23.6 Å². The fraction of sp³-hybridized carbons (Fsp3) is 0.200. The molecule has 6 heteroatoms. The summed E-state index contributed by atoms with van der Waals surface area (Å²) in [5.41, 5.74) is -0.157. The van der Waals surface area contributed by atoms with E-state index in [1.807, 2.05) is 30.3 Å². The Kier molecular flexibility index (Phi) is 4.70. The number of hydrogen-bond donors (Lipinski definition) is 2. The van der Waals surface area contributed by atoms with Crippen LogP contribution in [0.5, 0.6) is 5.75 Å². The van der Waals surface area contributed by atoms with E-state index in [0.29, 0.717) is 0 Å². The first-order valence-corrected chi connectivity index (χ1v) is 7.22. The number of hydrogen-bond acceptors (Lipinski definition) is 5. The number of aromatic nitrogens is 1. The normalized spacial score (nSPS) is 10.4. The van der Waals surface area contributed by atoms with Gasteiger partial charge in [-0.3, -0.25) is 4.79 Å². The zero-order valence-corrected chi connectivity index (χ0v) is 12.5. The van der Waals surface area contributed by atoms with Crippen LogP contribution in [-0.4, -0.2) is 22.7 Å². The Bertz CT molecular complexity index is 710. The molecule has 0 spiro atoms. The average molecular weight is 305 g/mol. The number of benzene rings is 1. The molecule has 0 saturated heterocycles. The van der Waals surface area contributed by atoms with Crippen molar-refractivity contribution in [1.29, 1.82) is 0 Å². The summed E-state index contributed by atoms with van der Waals surface area (Å²) in [6.07, 6.45) is 0. The smallest absolute Gasteiger partial charge is 0.343 e. The van der Waals surface area contributed by atoms with Gasteiger partial charge in [0.15, 0.2) is 5.75 Å². The SMILES string of the molecule is CCOC(=O)c1c(C)[nH]c(=O)c(Sc2ccccc2)c1O. The average Bonchev–Trinajstić information content (AvgIpc) is 2.44. The Morgan fingerprint density at radius 3 is 2.62 bits per heavy atom. The second-order valence-electron chi connectivity index (χ2n) is 4.27. The van der Waals surface area contributed by atoms with Crippen LogP contribution >= 0.6 is 11.8 Å². The van der Waals surface area contributed by atoms with Gasteiger partial charge < -0.3 is 14.8 Å². The quantitative estimate of drug-likeness (QED) is 0.849. The lowest BCUT2D eigenvalue weighted by atomic mass is 10.2. The summed E-state index contributed by atoms with van der Waals surface area (Å²) >= 11 is 1.10. The molecular formula is C15H15NO4S. The van der Waals surface area contributed by atoms with Gasteiger partial charge in [-0.05, 0) is 26.0 Å². The minimum atomic E-state index is -0.654. The molecule has 5 nitrogen and oxygen atoms in total. The van der Waals surface area contributed by atoms with Gasteiger partial charge in [0.05, 0.1) is 6.61 Å². The minimum Gasteiger partial charge on any atom is -0.506 e. The fourth-order valence-corrected chi connectivity index (χ4v) is 2.71. The van der Waals surface area contributed by atoms with Gasteiger partial charge in [-0.2, -0.15) is 0 Å². The second kappa shape index (κ2) is 6.49. The van der Waals surface area contributed by atoms with Crippen LogP contribution in [0.25, 0.3) is 0 Å². The topological polar surface area (TPSA) is 79.4 Å². The van der Waals surface area contributed by atoms with Crippen LogP contribution in [0.1, 0.15) is 23.0 Å². The Labute approximate surface area is 126 Å². The maximum Gasteiger partial charge on any atom is 0.343 e. The van der Waals surface area contributed by atoms with E-state index >= 15 is 0 Å². The van der Waals surface area contributed by atoms with Gasteiger partial charge in [0.25, 0.3) is 5.56 Å². The number of H-pyrrole nitrogens is 1. The molecule has 0 radical (unpaired) electrons. The van der Waals surface area contributed by atoms with Crippen LogP contribution in [0.3, 0.4) is 0 Å². The van der Waals surface area contributed by atoms with Crippen LogP contribution in [-0.2, 0) is 4.74 Å². The lowest BCUT2D eigenvalue weighted by Gasteiger charge is -2.11. The molecule has 0 fully saturated rings. The molecule has 0 aliphatic carbocycles. The number of carbonyl (C=O) groups is 1. The number of carbonyl (C=O) groups excluding carboxylic acids is 1. The molecule has 0 amide bonds. The van der Waals surface area contributed by atoms with Crippen molar-refractivity contribution < 1.29 is 14.6 Å². The monoisotopic (exact) mass is 305 g/mol. The molecular weight excluding hydrogens is 290 g/mol. The standard InChI is InChI=1S/C15H15NO4S/c1-3-20-15(19)11-9(2)16-14(18)13(12(11)17)21-10-7-5-4-6-8-10/h4-8H,3H2,1-2H3,(H2,16,17,18). The molecule has 1 heterocycles. The van der Waals surface area contributed by atoms with Crippen LogP contribution in [0, 0.1) is 6.92 Å². The van der Waals surface area contributed by atoms with E-state index in [-0.39, 0.29) is 28.5 Å². The molecule has 110 valence electrons. The van der Waals surface area contributed by atoms with Crippen molar-refractivity contribution in [2.24, 2.45) is 0 Å². The first-order valence-electron chi connectivity index (χ1n) is 6.40. The molecule has 21 heavy (non-hydrogen) atoms. The van der Waals surface area contributed by atoms with Crippen molar-refractivity contribution >= 4 is 17.7 Å². The third-order valence-electron chi connectivity index (χ3n) is 2.78. The maximum absolute atomic E-state index is 12.0. The largest absolute Gasteiger partial charge is 0.506 e. The van der Waals surface area contributed by atoms with E-state index in [2.05, 4.69) is 4.98 Å². The summed E-state index contributed by atoms with van der Waals surface area (Å²) in [6.45, 7) is 3.41. The molecule has 2 aromatic rings. The predicted octanol–water partition coefficient (Wildman–Crippen LogP) is 2.72. The van der Waals surface area contributed by atoms with Crippen LogP contribution < -0.4 is 5.56 Å². The highest BCUT2D eigenvalue weighted by Gasteiger charge is 2.22. The zero-order valence-electron chi connectivity index (χ0n) is 11.7. The van der Waals surface area contributed by atoms with E-state index in [1.165, 1.54) is 0 Å². The third-order valence-corrected chi connectivity index (χ3v) is 3.87. The summed E-state index contributed by atoms with van der Waals surface area (Å²) in [6, 6.07) is 9.14. The van der Waals surface area contributed by atoms with Crippen molar-refractivity contribution in [2.75, 3.05) is 6.61 Å². The maximum atomic E-state index is 12.0. The molecule has 0 unspecified atom stereocenters. The third kappa shape index (κ3) is 3.28. The first kappa shape index (κ1) is 15.2. The lowest BCUT2D eigenvalue weighted by molar-refractivity contribution is 0.0521. The summed E-state index contributed by atoms with van der Waals surface area (Å²) in [5, 5.41) is 10.3. The highest BCUT2D eigenvalue weighted by molar-refractivity contribution is 7.99. The molecule has 0 aliphatic heterocycles. The van der Waals surface area contributed by atoms with Gasteiger partial charge in [0.1, 0.15) is 10.5 Å². The fourth-order valence-electron chi connectivity index (χ4n) is 1.84. The van der Waals surface area contributed by atoms with E-state index in [0.717, 1.165) is 16.7 Å². The number of aromatic hydroxyl groups is 1. The van der Waals surface area contributed by atoms with Crippen LogP contribution in [0.2, 0.25) is 0 Å². The van der Waals surface area contributed by atoms with E-state index in [9.17, 15) is 14.7 Å². The number of pyridine rings is 1. The molecule has 0 aliphatic rings. The molecule has 0 atom stereocenters. The second-order valence-corrected chi connectivity index (χ2v) is 5.35. The molecule has 1 aromatic carbocycles. The summed E-state index contributed by atoms with van der Waals surface area (Å²) in [4.78, 5) is 27.3. The number of esters is 1. The van der Waals surface area contributed by atoms with Crippen molar-refractivity contribution in [3.8, 4) is 5.75 Å². The highest BCUT2D eigenvalue weighted by atomic mass is 32.2. The molecule has 2 N–H and O–H groups in total. The van der Waals surface area contributed by atoms with E-state index in [1.54, 1.807) is 13.8 Å². The van der Waals surface area contributed by atoms with Crippen LogP contribution in [0.15, 0.2) is 44.9 Å². The van der Waals surface area contributed by atoms with E-state index < -0.39 is 11.5 Å². The number of aryl methyl sites for hydroxylation is 1. The Morgan fingerprint density at radius 1 is 1.33 bits per heavy atom. The summed E-state index contributed by atoms with van der Waals surface area (Å²) in [5.74, 6) is -0.998. The molecule has 0 bridgehead atoms. The molecule has 2 rings (SSSR count). The van der Waals surface area contributed by atoms with Crippen molar-refractivity contribution in [3.63, 3.8) is 0 Å². The minimum absolute atomic E-state index is 0.00474. The van der Waals surface area contributed by atoms with Gasteiger partial charge in [-0.15, -0.1) is 0 Å². The van der Waals surface area contributed by atoms with Crippen molar-refractivity contribution in [3.05, 3.63) is 51.9 Å².